The number of nitrogens with zero attached hydrogens (tertiary/aromatic N) is 3. The Hall–Kier alpha value is -2.35. The molecule has 7 heteroatoms. The molecule has 178 valence electrons. The zero-order chi connectivity index (χ0) is 23.4. The van der Waals surface area contributed by atoms with E-state index < -0.39 is 11.6 Å². The van der Waals surface area contributed by atoms with Crippen LogP contribution in [0.2, 0.25) is 0 Å². The van der Waals surface area contributed by atoms with Crippen molar-refractivity contribution in [3.8, 4) is 0 Å². The van der Waals surface area contributed by atoms with Crippen LogP contribution in [0.15, 0.2) is 42.5 Å². The average Bonchev–Trinajstić information content (AvgIpc) is 2.82. The van der Waals surface area contributed by atoms with Crippen molar-refractivity contribution in [3.05, 3.63) is 65.2 Å². The summed E-state index contributed by atoms with van der Waals surface area (Å²) in [6.07, 6.45) is 1.54. The molecular weight excluding hydrogens is 422 g/mol. The van der Waals surface area contributed by atoms with Crippen molar-refractivity contribution in [2.75, 3.05) is 44.7 Å². The second kappa shape index (κ2) is 10.7. The summed E-state index contributed by atoms with van der Waals surface area (Å²) in [6.45, 7) is 8.38. The number of piperazine rings is 1. The van der Waals surface area contributed by atoms with E-state index >= 15 is 0 Å². The molecule has 2 heterocycles. The van der Waals surface area contributed by atoms with Gasteiger partial charge in [-0.3, -0.25) is 14.6 Å². The number of anilines is 1. The van der Waals surface area contributed by atoms with E-state index in [1.54, 1.807) is 11.0 Å². The summed E-state index contributed by atoms with van der Waals surface area (Å²) >= 11 is 0. The Kier molecular flexibility index (Phi) is 7.73. The number of carbonyl (C=O) groups is 1. The molecule has 2 aliphatic rings. The zero-order valence-corrected chi connectivity index (χ0v) is 19.6. The van der Waals surface area contributed by atoms with Crippen molar-refractivity contribution in [2.45, 2.75) is 38.9 Å². The van der Waals surface area contributed by atoms with Gasteiger partial charge >= 0.3 is 0 Å². The van der Waals surface area contributed by atoms with Crippen molar-refractivity contribution in [1.82, 2.24) is 15.1 Å². The molecule has 2 saturated heterocycles. The van der Waals surface area contributed by atoms with Crippen LogP contribution in [-0.4, -0.2) is 61.5 Å². The topological polar surface area (TPSA) is 38.8 Å². The third-order valence-electron chi connectivity index (χ3n) is 6.84. The molecule has 0 aliphatic carbocycles. The monoisotopic (exact) mass is 456 g/mol. The normalized spacial score (nSPS) is 20.7. The van der Waals surface area contributed by atoms with Gasteiger partial charge in [0.25, 0.3) is 0 Å². The predicted octanol–water partition coefficient (Wildman–Crippen LogP) is 3.63. The molecule has 4 rings (SSSR count). The number of halogens is 2. The van der Waals surface area contributed by atoms with Crippen LogP contribution in [0, 0.1) is 17.6 Å². The summed E-state index contributed by atoms with van der Waals surface area (Å²) in [6, 6.07) is 12.9. The molecule has 0 unspecified atom stereocenters. The number of benzene rings is 2. The SMILES string of the molecule is C[C@H]1CN(Cc2ccc(N(C)C(=O)C3CCN(Cc4ccc(F)c(F)c4)CC3)cc2)CCN1. The molecule has 33 heavy (non-hydrogen) atoms. The van der Waals surface area contributed by atoms with Gasteiger partial charge in [-0.15, -0.1) is 0 Å². The number of carbonyl (C=O) groups excluding carboxylic acids is 1. The van der Waals surface area contributed by atoms with Crippen LogP contribution in [-0.2, 0) is 17.9 Å². The summed E-state index contributed by atoms with van der Waals surface area (Å²) < 4.78 is 26.6. The number of amides is 1. The molecular formula is C26H34F2N4O. The number of hydrogen-bond donors (Lipinski definition) is 1. The summed E-state index contributed by atoms with van der Waals surface area (Å²) in [4.78, 5) is 19.5. The number of nitrogens with one attached hydrogen (secondary N) is 1. The summed E-state index contributed by atoms with van der Waals surface area (Å²) in [7, 11) is 1.85. The number of piperidine rings is 1. The lowest BCUT2D eigenvalue weighted by Crippen LogP contribution is -2.48. The van der Waals surface area contributed by atoms with Crippen LogP contribution < -0.4 is 10.2 Å². The Bertz CT molecular complexity index is 944. The van der Waals surface area contributed by atoms with E-state index in [0.717, 1.165) is 63.4 Å². The molecule has 1 N–H and O–H groups in total. The van der Waals surface area contributed by atoms with Gasteiger partial charge < -0.3 is 10.2 Å². The van der Waals surface area contributed by atoms with E-state index in [1.807, 2.05) is 19.2 Å². The first-order valence-electron chi connectivity index (χ1n) is 11.9. The van der Waals surface area contributed by atoms with Gasteiger partial charge in [0.2, 0.25) is 5.91 Å². The van der Waals surface area contributed by atoms with Crippen LogP contribution in [0.4, 0.5) is 14.5 Å². The highest BCUT2D eigenvalue weighted by Crippen LogP contribution is 2.24. The van der Waals surface area contributed by atoms with Crippen LogP contribution in [0.3, 0.4) is 0 Å². The van der Waals surface area contributed by atoms with Crippen LogP contribution in [0.5, 0.6) is 0 Å². The molecule has 2 aromatic rings. The lowest BCUT2D eigenvalue weighted by molar-refractivity contribution is -0.123. The number of likely N-dealkylation sites (tertiary alicyclic amines) is 1. The standard InChI is InChI=1S/C26H34F2N4O/c1-19-16-32(14-11-29-19)17-20-3-6-23(7-4-20)30(2)26(33)22-9-12-31(13-10-22)18-21-5-8-24(27)25(28)15-21/h3-8,15,19,22,29H,9-14,16-18H2,1-2H3/t19-/m0/s1. The Morgan fingerprint density at radius 2 is 1.64 bits per heavy atom. The van der Waals surface area contributed by atoms with E-state index in [2.05, 4.69) is 34.2 Å². The van der Waals surface area contributed by atoms with Gasteiger partial charge in [-0.05, 0) is 68.2 Å². The molecule has 2 aromatic carbocycles. The molecule has 0 radical (unpaired) electrons. The van der Waals surface area contributed by atoms with Crippen LogP contribution in [0.25, 0.3) is 0 Å². The van der Waals surface area contributed by atoms with Gasteiger partial charge in [0.05, 0.1) is 0 Å². The number of hydrogen-bond acceptors (Lipinski definition) is 4. The molecule has 0 aromatic heterocycles. The first-order valence-corrected chi connectivity index (χ1v) is 11.9. The Morgan fingerprint density at radius 3 is 2.30 bits per heavy atom. The fraction of sp³-hybridized carbons (Fsp3) is 0.500. The minimum Gasteiger partial charge on any atom is -0.315 e. The third kappa shape index (κ3) is 6.16. The van der Waals surface area contributed by atoms with Gasteiger partial charge in [-0.25, -0.2) is 8.78 Å². The summed E-state index contributed by atoms with van der Waals surface area (Å²) in [5.41, 5.74) is 2.94. The highest BCUT2D eigenvalue weighted by atomic mass is 19.2. The maximum Gasteiger partial charge on any atom is 0.229 e. The smallest absolute Gasteiger partial charge is 0.229 e. The Balaban J connectivity index is 1.27. The minimum atomic E-state index is -0.822. The quantitative estimate of drug-likeness (QED) is 0.721. The predicted molar refractivity (Wildman–Crippen MR) is 127 cm³/mol. The molecule has 0 bridgehead atoms. The third-order valence-corrected chi connectivity index (χ3v) is 6.84. The molecule has 1 atom stereocenters. The molecule has 0 saturated carbocycles. The second-order valence-corrected chi connectivity index (χ2v) is 9.45. The van der Waals surface area contributed by atoms with Crippen molar-refractivity contribution < 1.29 is 13.6 Å². The lowest BCUT2D eigenvalue weighted by atomic mass is 9.94. The van der Waals surface area contributed by atoms with Gasteiger partial charge in [-0.1, -0.05) is 18.2 Å². The van der Waals surface area contributed by atoms with E-state index in [1.165, 1.54) is 17.7 Å². The number of rotatable bonds is 6. The fourth-order valence-corrected chi connectivity index (χ4v) is 4.87. The van der Waals surface area contributed by atoms with Gasteiger partial charge in [-0.2, -0.15) is 0 Å². The maximum absolute atomic E-state index is 13.5. The first-order chi connectivity index (χ1) is 15.9. The Morgan fingerprint density at radius 1 is 0.970 bits per heavy atom. The van der Waals surface area contributed by atoms with Crippen molar-refractivity contribution in [3.63, 3.8) is 0 Å². The van der Waals surface area contributed by atoms with Gasteiger partial charge in [0, 0.05) is 57.4 Å². The van der Waals surface area contributed by atoms with Crippen molar-refractivity contribution >= 4 is 11.6 Å². The van der Waals surface area contributed by atoms with E-state index in [9.17, 15) is 13.6 Å². The maximum atomic E-state index is 13.5. The Labute approximate surface area is 195 Å². The molecule has 5 nitrogen and oxygen atoms in total. The highest BCUT2D eigenvalue weighted by Gasteiger charge is 2.28. The average molecular weight is 457 g/mol. The summed E-state index contributed by atoms with van der Waals surface area (Å²) in [5, 5.41) is 3.47. The van der Waals surface area contributed by atoms with E-state index in [4.69, 9.17) is 0 Å². The minimum absolute atomic E-state index is 0.0155. The highest BCUT2D eigenvalue weighted by molar-refractivity contribution is 5.94. The first kappa shape index (κ1) is 23.8. The van der Waals surface area contributed by atoms with E-state index in [-0.39, 0.29) is 11.8 Å². The van der Waals surface area contributed by atoms with Crippen molar-refractivity contribution in [2.24, 2.45) is 5.92 Å². The second-order valence-electron chi connectivity index (χ2n) is 9.45. The largest absolute Gasteiger partial charge is 0.315 e. The van der Waals surface area contributed by atoms with Gasteiger partial charge in [0.1, 0.15) is 0 Å². The van der Waals surface area contributed by atoms with Crippen molar-refractivity contribution in [1.29, 1.82) is 0 Å². The van der Waals surface area contributed by atoms with Crippen LogP contribution >= 0.6 is 0 Å². The molecule has 1 amide bonds. The summed E-state index contributed by atoms with van der Waals surface area (Å²) in [5.74, 6) is -1.51. The fourth-order valence-electron chi connectivity index (χ4n) is 4.87. The van der Waals surface area contributed by atoms with E-state index in [0.29, 0.717) is 12.6 Å². The molecule has 2 fully saturated rings. The molecule has 0 spiro atoms. The van der Waals surface area contributed by atoms with Crippen LogP contribution in [0.1, 0.15) is 30.9 Å². The zero-order valence-electron chi connectivity index (χ0n) is 19.6. The van der Waals surface area contributed by atoms with Gasteiger partial charge in [0.15, 0.2) is 11.6 Å². The lowest BCUT2D eigenvalue weighted by Gasteiger charge is -2.33. The molecule has 2 aliphatic heterocycles.